The van der Waals surface area contributed by atoms with E-state index in [1.165, 1.54) is 18.5 Å². The van der Waals surface area contributed by atoms with E-state index >= 15 is 0 Å². The highest BCUT2D eigenvalue weighted by molar-refractivity contribution is 4.95. The van der Waals surface area contributed by atoms with Crippen molar-refractivity contribution < 1.29 is 0 Å². The van der Waals surface area contributed by atoms with Crippen LogP contribution in [0, 0.1) is 0 Å². The minimum atomic E-state index is 0. The van der Waals surface area contributed by atoms with Gasteiger partial charge in [-0.05, 0) is 12.8 Å². The molecule has 0 amide bonds. The molecule has 0 saturated carbocycles. The topological polar surface area (TPSA) is 12.0 Å². The predicted octanol–water partition coefficient (Wildman–Crippen LogP) is 1.52. The molecule has 1 heterocycles. The van der Waals surface area contributed by atoms with Gasteiger partial charge >= 0.3 is 0 Å². The van der Waals surface area contributed by atoms with E-state index in [0.717, 1.165) is 6.54 Å². The number of hydrogen-bond donors (Lipinski definition) is 1. The lowest BCUT2D eigenvalue weighted by Crippen LogP contribution is -2.00. The molecule has 0 aromatic rings. The van der Waals surface area contributed by atoms with Gasteiger partial charge in [-0.15, -0.1) is 0 Å². The van der Waals surface area contributed by atoms with Gasteiger partial charge in [0, 0.05) is 12.2 Å². The molecular weight excluding hydrogens is 86.1 g/mol. The maximum atomic E-state index is 3.74. The van der Waals surface area contributed by atoms with E-state index in [-0.39, 0.29) is 7.43 Å². The van der Waals surface area contributed by atoms with Gasteiger partial charge in [0.2, 0.25) is 0 Å². The first-order valence-electron chi connectivity index (χ1n) is 2.31. The smallest absolute Gasteiger partial charge is 0.0147 e. The number of rotatable bonds is 0. The molecule has 1 aliphatic rings. The van der Waals surface area contributed by atoms with Gasteiger partial charge in [-0.25, -0.2) is 0 Å². The van der Waals surface area contributed by atoms with Gasteiger partial charge in [0.25, 0.3) is 0 Å². The van der Waals surface area contributed by atoms with Crippen LogP contribution < -0.4 is 5.32 Å². The average Bonchev–Trinajstić information content (AvgIpc) is 1.86. The lowest BCUT2D eigenvalue weighted by molar-refractivity contribution is 0.904. The highest BCUT2D eigenvalue weighted by atomic mass is 14.9. The van der Waals surface area contributed by atoms with E-state index in [2.05, 4.69) is 11.9 Å². The fourth-order valence-corrected chi connectivity index (χ4v) is 0.655. The summed E-state index contributed by atoms with van der Waals surface area (Å²) in [5, 5.41) is 3.12. The average molecular weight is 99.2 g/mol. The summed E-state index contributed by atoms with van der Waals surface area (Å²) in [6.45, 7) is 4.88. The lowest BCUT2D eigenvalue weighted by Gasteiger charge is -1.87. The third-order valence-corrected chi connectivity index (χ3v) is 1.03. The quantitative estimate of drug-likeness (QED) is 0.485. The van der Waals surface area contributed by atoms with Gasteiger partial charge in [0.15, 0.2) is 0 Å². The number of nitrogens with one attached hydrogen (secondary N) is 1. The second-order valence-electron chi connectivity index (χ2n) is 1.63. The fourth-order valence-electron chi connectivity index (χ4n) is 0.655. The largest absolute Gasteiger partial charge is 0.389 e. The summed E-state index contributed by atoms with van der Waals surface area (Å²) in [5.41, 5.74) is 1.20. The Kier molecular flexibility index (Phi) is 2.49. The van der Waals surface area contributed by atoms with Crippen molar-refractivity contribution >= 4 is 0 Å². The summed E-state index contributed by atoms with van der Waals surface area (Å²) in [5.74, 6) is 0. The number of hydrogen-bond acceptors (Lipinski definition) is 1. The normalized spacial score (nSPS) is 18.0. The van der Waals surface area contributed by atoms with Crippen LogP contribution in [0.3, 0.4) is 0 Å². The Balaban J connectivity index is 0.000000360. The molecule has 0 aromatic carbocycles. The van der Waals surface area contributed by atoms with Crippen LogP contribution in [-0.2, 0) is 0 Å². The van der Waals surface area contributed by atoms with Gasteiger partial charge in [-0.2, -0.15) is 0 Å². The van der Waals surface area contributed by atoms with Crippen LogP contribution in [0.1, 0.15) is 20.3 Å². The van der Waals surface area contributed by atoms with E-state index < -0.39 is 0 Å². The van der Waals surface area contributed by atoms with Gasteiger partial charge in [0.1, 0.15) is 0 Å². The molecule has 0 unspecified atom stereocenters. The van der Waals surface area contributed by atoms with Crippen molar-refractivity contribution in [2.75, 3.05) is 6.54 Å². The molecule has 0 bridgehead atoms. The van der Waals surface area contributed by atoms with Crippen molar-refractivity contribution in [2.45, 2.75) is 20.3 Å². The van der Waals surface area contributed by atoms with Crippen LogP contribution in [0.2, 0.25) is 0 Å². The summed E-state index contributed by atoms with van der Waals surface area (Å²) in [6.07, 6.45) is 2.46. The third-order valence-electron chi connectivity index (χ3n) is 1.03. The van der Waals surface area contributed by atoms with Crippen LogP contribution in [0.15, 0.2) is 12.3 Å². The molecule has 42 valence electrons. The molecule has 1 heteroatoms. The molecule has 0 aromatic heterocycles. The van der Waals surface area contributed by atoms with Crippen molar-refractivity contribution in [1.29, 1.82) is 0 Å². The van der Waals surface area contributed by atoms with Gasteiger partial charge in [-0.3, -0.25) is 0 Å². The minimum absolute atomic E-state index is 0. The SMILES string of the molecule is C.C=C1CCCN1. The fraction of sp³-hybridized carbons (Fsp3) is 0.667. The van der Waals surface area contributed by atoms with Crippen molar-refractivity contribution in [1.82, 2.24) is 5.32 Å². The zero-order valence-electron chi connectivity index (χ0n) is 3.83. The molecule has 1 aliphatic heterocycles. The van der Waals surface area contributed by atoms with Gasteiger partial charge in [-0.1, -0.05) is 14.0 Å². The maximum Gasteiger partial charge on any atom is 0.0147 e. The zero-order valence-corrected chi connectivity index (χ0v) is 3.83. The first-order chi connectivity index (χ1) is 2.89. The third kappa shape index (κ3) is 1.62. The standard InChI is InChI=1S/C5H9N.CH4/c1-5-3-2-4-6-5;/h6H,1-4H2;1H4. The van der Waals surface area contributed by atoms with E-state index in [9.17, 15) is 0 Å². The molecule has 1 fully saturated rings. The molecule has 7 heavy (non-hydrogen) atoms. The van der Waals surface area contributed by atoms with E-state index in [1.807, 2.05) is 0 Å². The maximum absolute atomic E-state index is 3.74. The Bertz CT molecular complexity index is 58.6. The first-order valence-corrected chi connectivity index (χ1v) is 2.31. The Hall–Kier alpha value is -0.460. The van der Waals surface area contributed by atoms with Crippen LogP contribution in [0.25, 0.3) is 0 Å². The molecule has 0 atom stereocenters. The second kappa shape index (κ2) is 2.67. The highest BCUT2D eigenvalue weighted by Gasteiger charge is 1.98. The van der Waals surface area contributed by atoms with E-state index in [1.54, 1.807) is 0 Å². The van der Waals surface area contributed by atoms with Crippen LogP contribution in [0.4, 0.5) is 0 Å². The van der Waals surface area contributed by atoms with Gasteiger partial charge in [0.05, 0.1) is 0 Å². The molecule has 1 nitrogen and oxygen atoms in total. The Morgan fingerprint density at radius 2 is 2.29 bits per heavy atom. The van der Waals surface area contributed by atoms with Crippen LogP contribution in [0.5, 0.6) is 0 Å². The monoisotopic (exact) mass is 99.1 g/mol. The molecule has 1 saturated heterocycles. The van der Waals surface area contributed by atoms with E-state index in [0.29, 0.717) is 0 Å². The molecule has 0 aliphatic carbocycles. The lowest BCUT2D eigenvalue weighted by atomic mass is 10.3. The summed E-state index contributed by atoms with van der Waals surface area (Å²) in [6, 6.07) is 0. The molecule has 0 radical (unpaired) electrons. The molecule has 0 spiro atoms. The summed E-state index contributed by atoms with van der Waals surface area (Å²) in [4.78, 5) is 0. The van der Waals surface area contributed by atoms with Crippen LogP contribution in [-0.4, -0.2) is 6.54 Å². The summed E-state index contributed by atoms with van der Waals surface area (Å²) >= 11 is 0. The second-order valence-corrected chi connectivity index (χ2v) is 1.63. The van der Waals surface area contributed by atoms with E-state index in [4.69, 9.17) is 0 Å². The van der Waals surface area contributed by atoms with Crippen molar-refractivity contribution in [2.24, 2.45) is 0 Å². The molecule has 1 rings (SSSR count). The van der Waals surface area contributed by atoms with Crippen LogP contribution >= 0.6 is 0 Å². The predicted molar refractivity (Wildman–Crippen MR) is 33.1 cm³/mol. The minimum Gasteiger partial charge on any atom is -0.389 e. The highest BCUT2D eigenvalue weighted by Crippen LogP contribution is 2.03. The van der Waals surface area contributed by atoms with Gasteiger partial charge < -0.3 is 5.32 Å². The Morgan fingerprint density at radius 3 is 2.43 bits per heavy atom. The summed E-state index contributed by atoms with van der Waals surface area (Å²) < 4.78 is 0. The number of allylic oxidation sites excluding steroid dienone is 1. The van der Waals surface area contributed by atoms with Crippen molar-refractivity contribution in [3.63, 3.8) is 0 Å². The molecule has 1 N–H and O–H groups in total. The molecular formula is C6H13N. The Labute approximate surface area is 45.4 Å². The van der Waals surface area contributed by atoms with Crippen molar-refractivity contribution in [3.05, 3.63) is 12.3 Å². The summed E-state index contributed by atoms with van der Waals surface area (Å²) in [7, 11) is 0. The first kappa shape index (κ1) is 6.54. The Morgan fingerprint density at radius 1 is 1.57 bits per heavy atom. The van der Waals surface area contributed by atoms with Crippen molar-refractivity contribution in [3.8, 4) is 0 Å². The zero-order chi connectivity index (χ0) is 4.41.